The van der Waals surface area contributed by atoms with E-state index in [-0.39, 0.29) is 17.3 Å². The van der Waals surface area contributed by atoms with Crippen LogP contribution >= 0.6 is 11.6 Å². The molecule has 1 aliphatic carbocycles. The Balaban J connectivity index is 1.43. The molecule has 1 fully saturated rings. The molecule has 2 N–H and O–H groups in total. The Morgan fingerprint density at radius 2 is 2.19 bits per heavy atom. The molecule has 0 spiro atoms. The van der Waals surface area contributed by atoms with Crippen molar-refractivity contribution in [3.05, 3.63) is 53.3 Å². The lowest BCUT2D eigenvalue weighted by atomic mass is 9.99. The number of aromatic nitrogens is 5. The van der Waals surface area contributed by atoms with Crippen LogP contribution in [-0.2, 0) is 9.53 Å². The van der Waals surface area contributed by atoms with E-state index in [1.165, 1.54) is 6.20 Å². The summed E-state index contributed by atoms with van der Waals surface area (Å²) in [6, 6.07) is 0. The van der Waals surface area contributed by atoms with Crippen molar-refractivity contribution in [1.29, 1.82) is 0 Å². The summed E-state index contributed by atoms with van der Waals surface area (Å²) in [7, 11) is 0. The fourth-order valence-electron chi connectivity index (χ4n) is 3.97. The monoisotopic (exact) mass is 456 g/mol. The number of carbonyl (C=O) groups excluding carboxylic acids is 1. The summed E-state index contributed by atoms with van der Waals surface area (Å²) < 4.78 is 35.7. The SMILES string of the molecule is O=C(Nc1cn2cc(-c3c(Cl)c(F)c(C4C=CCO4)c4[nH]ncc34)ncc2n1)[C@@H]1C[C@@H]1F. The standard InChI is InChI=1S/C21H15ClF2N6O2/c22-18-16(10-5-26-29-20(10)17(19(18)24)13-2-1-3-32-13)12-7-30-8-14(27-15(30)6-25-12)28-21(31)9-4-11(9)23/h1-2,5-9,11,13H,3-4H2,(H,26,29)(H,28,31)/t9-,11+,13?/m1/s1. The minimum absolute atomic E-state index is 0.0963. The van der Waals surface area contributed by atoms with Crippen molar-refractivity contribution in [2.45, 2.75) is 18.7 Å². The molecule has 1 saturated carbocycles. The lowest BCUT2D eigenvalue weighted by Gasteiger charge is -2.15. The second-order valence-electron chi connectivity index (χ2n) is 7.77. The summed E-state index contributed by atoms with van der Waals surface area (Å²) in [6.07, 6.45) is 8.42. The zero-order chi connectivity index (χ0) is 22.0. The first-order chi connectivity index (χ1) is 15.5. The lowest BCUT2D eigenvalue weighted by Crippen LogP contribution is -2.15. The van der Waals surface area contributed by atoms with Gasteiger partial charge in [-0.15, -0.1) is 0 Å². The number of nitrogens with zero attached hydrogens (tertiary/aromatic N) is 4. The molecule has 0 radical (unpaired) electrons. The summed E-state index contributed by atoms with van der Waals surface area (Å²) in [5.74, 6) is -1.36. The van der Waals surface area contributed by atoms with Crippen LogP contribution in [0.1, 0.15) is 18.1 Å². The van der Waals surface area contributed by atoms with Gasteiger partial charge in [0.25, 0.3) is 0 Å². The van der Waals surface area contributed by atoms with Crippen molar-refractivity contribution in [3.8, 4) is 11.3 Å². The molecule has 3 atom stereocenters. The highest BCUT2D eigenvalue weighted by atomic mass is 35.5. The normalized spacial score (nSPS) is 22.2. The van der Waals surface area contributed by atoms with Crippen LogP contribution in [0.2, 0.25) is 5.02 Å². The number of rotatable bonds is 4. The average Bonchev–Trinajstić information content (AvgIpc) is 3.21. The minimum atomic E-state index is -1.09. The summed E-state index contributed by atoms with van der Waals surface area (Å²) in [5.41, 5.74) is 1.99. The maximum Gasteiger partial charge on any atom is 0.231 e. The molecule has 11 heteroatoms. The van der Waals surface area contributed by atoms with Crippen LogP contribution in [0.5, 0.6) is 0 Å². The molecule has 6 rings (SSSR count). The molecule has 0 bridgehead atoms. The Labute approximate surface area is 184 Å². The highest BCUT2D eigenvalue weighted by Crippen LogP contribution is 2.42. The molecule has 1 aliphatic heterocycles. The summed E-state index contributed by atoms with van der Waals surface area (Å²) in [6.45, 7) is 0.392. The van der Waals surface area contributed by atoms with Gasteiger partial charge < -0.3 is 14.5 Å². The van der Waals surface area contributed by atoms with Crippen LogP contribution in [0.25, 0.3) is 27.8 Å². The smallest absolute Gasteiger partial charge is 0.231 e. The van der Waals surface area contributed by atoms with Gasteiger partial charge in [0.2, 0.25) is 5.91 Å². The van der Waals surface area contributed by atoms with Gasteiger partial charge in [0.1, 0.15) is 12.3 Å². The maximum atomic E-state index is 15.4. The number of amides is 1. The molecule has 8 nitrogen and oxygen atoms in total. The number of hydrogen-bond acceptors (Lipinski definition) is 5. The predicted molar refractivity (Wildman–Crippen MR) is 113 cm³/mol. The highest BCUT2D eigenvalue weighted by molar-refractivity contribution is 6.35. The zero-order valence-corrected chi connectivity index (χ0v) is 17.1. The number of ether oxygens (including phenoxy) is 1. The van der Waals surface area contributed by atoms with E-state index < -0.39 is 29.9 Å². The molecule has 2 aliphatic rings. The second-order valence-corrected chi connectivity index (χ2v) is 8.15. The summed E-state index contributed by atoms with van der Waals surface area (Å²) in [4.78, 5) is 20.7. The number of carbonyl (C=O) groups is 1. The van der Waals surface area contributed by atoms with E-state index in [2.05, 4.69) is 25.5 Å². The van der Waals surface area contributed by atoms with Crippen LogP contribution in [0, 0.1) is 11.7 Å². The molecule has 32 heavy (non-hydrogen) atoms. The van der Waals surface area contributed by atoms with Crippen molar-refractivity contribution < 1.29 is 18.3 Å². The number of imidazole rings is 1. The van der Waals surface area contributed by atoms with Gasteiger partial charge in [-0.05, 0) is 6.42 Å². The number of anilines is 1. The Morgan fingerprint density at radius 1 is 1.34 bits per heavy atom. The largest absolute Gasteiger partial charge is 0.365 e. The Kier molecular flexibility index (Phi) is 4.27. The van der Waals surface area contributed by atoms with Crippen LogP contribution in [0.15, 0.2) is 36.9 Å². The number of fused-ring (bicyclic) bond motifs is 2. The van der Waals surface area contributed by atoms with E-state index in [1.54, 1.807) is 29.1 Å². The fraction of sp³-hybridized carbons (Fsp3) is 0.238. The molecule has 1 unspecified atom stereocenters. The molecule has 1 aromatic carbocycles. The van der Waals surface area contributed by atoms with E-state index in [1.807, 2.05) is 6.08 Å². The zero-order valence-electron chi connectivity index (χ0n) is 16.3. The van der Waals surface area contributed by atoms with Gasteiger partial charge in [0, 0.05) is 22.7 Å². The molecule has 0 saturated heterocycles. The van der Waals surface area contributed by atoms with Crippen molar-refractivity contribution >= 4 is 39.9 Å². The molecule has 4 aromatic rings. The van der Waals surface area contributed by atoms with Crippen molar-refractivity contribution in [1.82, 2.24) is 24.6 Å². The van der Waals surface area contributed by atoms with E-state index in [4.69, 9.17) is 16.3 Å². The van der Waals surface area contributed by atoms with E-state index in [0.29, 0.717) is 40.0 Å². The number of aromatic amines is 1. The van der Waals surface area contributed by atoms with Crippen molar-refractivity contribution in [3.63, 3.8) is 0 Å². The molecule has 4 heterocycles. The highest BCUT2D eigenvalue weighted by Gasteiger charge is 2.43. The molecular formula is C21H15ClF2N6O2. The van der Waals surface area contributed by atoms with Gasteiger partial charge in [0.05, 0.1) is 47.3 Å². The van der Waals surface area contributed by atoms with Gasteiger partial charge >= 0.3 is 0 Å². The number of hydrogen-bond donors (Lipinski definition) is 2. The van der Waals surface area contributed by atoms with E-state index >= 15 is 4.39 Å². The molecule has 162 valence electrons. The first-order valence-electron chi connectivity index (χ1n) is 9.93. The fourth-order valence-corrected chi connectivity index (χ4v) is 4.27. The Hall–Kier alpha value is -3.37. The number of halogens is 3. The predicted octanol–water partition coefficient (Wildman–Crippen LogP) is 3.99. The average molecular weight is 457 g/mol. The Morgan fingerprint density at radius 3 is 2.94 bits per heavy atom. The number of nitrogens with one attached hydrogen (secondary N) is 2. The van der Waals surface area contributed by atoms with Crippen LogP contribution in [-0.4, -0.2) is 43.3 Å². The molecular weight excluding hydrogens is 442 g/mol. The van der Waals surface area contributed by atoms with Crippen molar-refractivity contribution in [2.24, 2.45) is 5.92 Å². The maximum absolute atomic E-state index is 15.4. The molecule has 3 aromatic heterocycles. The number of alkyl halides is 1. The van der Waals surface area contributed by atoms with E-state index in [9.17, 15) is 9.18 Å². The first kappa shape index (κ1) is 19.3. The lowest BCUT2D eigenvalue weighted by molar-refractivity contribution is -0.117. The third kappa shape index (κ3) is 2.98. The quantitative estimate of drug-likeness (QED) is 0.452. The van der Waals surface area contributed by atoms with Gasteiger partial charge in [-0.3, -0.25) is 14.9 Å². The second kappa shape index (κ2) is 7.07. The topological polar surface area (TPSA) is 97.2 Å². The third-order valence-corrected chi connectivity index (χ3v) is 6.05. The number of benzene rings is 1. The first-order valence-corrected chi connectivity index (χ1v) is 10.3. The molecule has 1 amide bonds. The van der Waals surface area contributed by atoms with Gasteiger partial charge in [-0.2, -0.15) is 5.10 Å². The minimum Gasteiger partial charge on any atom is -0.365 e. The van der Waals surface area contributed by atoms with Crippen molar-refractivity contribution in [2.75, 3.05) is 11.9 Å². The summed E-state index contributed by atoms with van der Waals surface area (Å²) in [5, 5.41) is 10.0. The van der Waals surface area contributed by atoms with E-state index in [0.717, 1.165) is 0 Å². The third-order valence-electron chi connectivity index (χ3n) is 5.69. The van der Waals surface area contributed by atoms with Crippen LogP contribution in [0.4, 0.5) is 14.6 Å². The van der Waals surface area contributed by atoms with Gasteiger partial charge in [0.15, 0.2) is 17.3 Å². The van der Waals surface area contributed by atoms with Crippen LogP contribution in [0.3, 0.4) is 0 Å². The number of H-pyrrole nitrogens is 1. The Bertz CT molecular complexity index is 1430. The van der Waals surface area contributed by atoms with Crippen LogP contribution < -0.4 is 5.32 Å². The summed E-state index contributed by atoms with van der Waals surface area (Å²) >= 11 is 6.47. The van der Waals surface area contributed by atoms with Gasteiger partial charge in [-0.25, -0.2) is 13.8 Å². The van der Waals surface area contributed by atoms with Gasteiger partial charge in [-0.1, -0.05) is 23.8 Å².